The van der Waals surface area contributed by atoms with Crippen molar-refractivity contribution in [3.8, 4) is 0 Å². The summed E-state index contributed by atoms with van der Waals surface area (Å²) in [6.45, 7) is 4.08. The van der Waals surface area contributed by atoms with Crippen molar-refractivity contribution in [3.05, 3.63) is 48.0 Å². The van der Waals surface area contributed by atoms with Gasteiger partial charge in [0.15, 0.2) is 0 Å². The van der Waals surface area contributed by atoms with E-state index >= 15 is 0 Å². The minimum Gasteiger partial charge on any atom is -0.290 e. The lowest BCUT2D eigenvalue weighted by Crippen LogP contribution is -2.06. The monoisotopic (exact) mass is 215 g/mol. The summed E-state index contributed by atoms with van der Waals surface area (Å²) in [5.41, 5.74) is 1.34. The van der Waals surface area contributed by atoms with E-state index in [1.54, 1.807) is 0 Å². The molecule has 16 heavy (non-hydrogen) atoms. The minimum absolute atomic E-state index is 0.0595. The standard InChI is InChI=1S/C15H19O/c1-13(2)15(12-16)11-7-6-10-14-8-4-3-5-9-14/h3-5,7-9,11,13,15H,6,10H2,1-2H3/b11-7+. The van der Waals surface area contributed by atoms with Gasteiger partial charge in [0, 0.05) is 5.92 Å². The molecule has 0 fully saturated rings. The average molecular weight is 215 g/mol. The van der Waals surface area contributed by atoms with Crippen LogP contribution < -0.4 is 0 Å². The fourth-order valence-electron chi connectivity index (χ4n) is 1.54. The molecular formula is C15H19O. The first-order valence-corrected chi connectivity index (χ1v) is 5.82. The SMILES string of the molecule is CC(C)C([C]=O)/C=C/CCc1ccccc1. The number of hydrogen-bond donors (Lipinski definition) is 0. The fourth-order valence-corrected chi connectivity index (χ4v) is 1.54. The molecule has 0 aliphatic carbocycles. The predicted molar refractivity (Wildman–Crippen MR) is 67.9 cm³/mol. The van der Waals surface area contributed by atoms with E-state index in [2.05, 4.69) is 36.6 Å². The Labute approximate surface area is 98.2 Å². The molecular weight excluding hydrogens is 196 g/mol. The lowest BCUT2D eigenvalue weighted by Gasteiger charge is -2.07. The highest BCUT2D eigenvalue weighted by Crippen LogP contribution is 2.10. The van der Waals surface area contributed by atoms with Crippen molar-refractivity contribution < 1.29 is 4.79 Å². The summed E-state index contributed by atoms with van der Waals surface area (Å²) in [4.78, 5) is 10.6. The molecule has 85 valence electrons. The maximum Gasteiger partial charge on any atom is 0.206 e. The third-order valence-corrected chi connectivity index (χ3v) is 2.64. The van der Waals surface area contributed by atoms with Gasteiger partial charge in [-0.25, -0.2) is 0 Å². The van der Waals surface area contributed by atoms with Crippen LogP contribution in [0.4, 0.5) is 0 Å². The van der Waals surface area contributed by atoms with Gasteiger partial charge in [-0.1, -0.05) is 56.3 Å². The van der Waals surface area contributed by atoms with Gasteiger partial charge < -0.3 is 0 Å². The minimum atomic E-state index is -0.0595. The first-order valence-electron chi connectivity index (χ1n) is 5.82. The Morgan fingerprint density at radius 3 is 2.50 bits per heavy atom. The molecule has 0 aliphatic rings. The van der Waals surface area contributed by atoms with E-state index in [0.29, 0.717) is 5.92 Å². The normalized spacial score (nSPS) is 13.2. The summed E-state index contributed by atoms with van der Waals surface area (Å²) in [5.74, 6) is 0.279. The van der Waals surface area contributed by atoms with E-state index in [1.807, 2.05) is 26.0 Å². The highest BCUT2D eigenvalue weighted by molar-refractivity contribution is 5.57. The summed E-state index contributed by atoms with van der Waals surface area (Å²) < 4.78 is 0. The highest BCUT2D eigenvalue weighted by atomic mass is 16.1. The lowest BCUT2D eigenvalue weighted by molar-refractivity contribution is 0.495. The van der Waals surface area contributed by atoms with Crippen LogP contribution in [0.5, 0.6) is 0 Å². The van der Waals surface area contributed by atoms with Gasteiger partial charge in [-0.3, -0.25) is 4.79 Å². The van der Waals surface area contributed by atoms with Crippen LogP contribution in [0.2, 0.25) is 0 Å². The van der Waals surface area contributed by atoms with Gasteiger partial charge in [0.1, 0.15) is 0 Å². The quantitative estimate of drug-likeness (QED) is 0.663. The molecule has 0 aromatic heterocycles. The lowest BCUT2D eigenvalue weighted by atomic mass is 9.96. The van der Waals surface area contributed by atoms with Crippen LogP contribution in [0.15, 0.2) is 42.5 Å². The Bertz CT molecular complexity index is 325. The zero-order valence-electron chi connectivity index (χ0n) is 10.0. The second-order valence-electron chi connectivity index (χ2n) is 4.34. The van der Waals surface area contributed by atoms with E-state index in [-0.39, 0.29) is 5.92 Å². The topological polar surface area (TPSA) is 17.1 Å². The van der Waals surface area contributed by atoms with Crippen molar-refractivity contribution in [2.75, 3.05) is 0 Å². The van der Waals surface area contributed by atoms with E-state index in [4.69, 9.17) is 0 Å². The third-order valence-electron chi connectivity index (χ3n) is 2.64. The molecule has 0 amide bonds. The van der Waals surface area contributed by atoms with Crippen molar-refractivity contribution in [1.82, 2.24) is 0 Å². The zero-order valence-corrected chi connectivity index (χ0v) is 10.0. The zero-order chi connectivity index (χ0) is 11.8. The predicted octanol–water partition coefficient (Wildman–Crippen LogP) is 3.56. The summed E-state index contributed by atoms with van der Waals surface area (Å²) in [5, 5.41) is 0. The largest absolute Gasteiger partial charge is 0.290 e. The Morgan fingerprint density at radius 1 is 1.25 bits per heavy atom. The fraction of sp³-hybridized carbons (Fsp3) is 0.400. The van der Waals surface area contributed by atoms with Gasteiger partial charge in [0.05, 0.1) is 0 Å². The van der Waals surface area contributed by atoms with Gasteiger partial charge in [-0.05, 0) is 24.3 Å². The van der Waals surface area contributed by atoms with Crippen molar-refractivity contribution >= 4 is 6.29 Å². The Balaban J connectivity index is 2.35. The summed E-state index contributed by atoms with van der Waals surface area (Å²) in [6.07, 6.45) is 8.13. The molecule has 0 saturated carbocycles. The number of allylic oxidation sites excluding steroid dienone is 2. The molecule has 0 heterocycles. The molecule has 0 bridgehead atoms. The maximum atomic E-state index is 10.6. The molecule has 1 aromatic carbocycles. The summed E-state index contributed by atoms with van der Waals surface area (Å²) in [6, 6.07) is 10.4. The highest BCUT2D eigenvalue weighted by Gasteiger charge is 2.07. The van der Waals surface area contributed by atoms with E-state index in [0.717, 1.165) is 12.8 Å². The second kappa shape index (κ2) is 7.00. The van der Waals surface area contributed by atoms with Crippen LogP contribution in [0.25, 0.3) is 0 Å². The van der Waals surface area contributed by atoms with E-state index < -0.39 is 0 Å². The Kier molecular flexibility index (Phi) is 5.55. The van der Waals surface area contributed by atoms with Crippen LogP contribution in [0, 0.1) is 11.8 Å². The first kappa shape index (κ1) is 12.7. The molecule has 0 N–H and O–H groups in total. The molecule has 0 saturated heterocycles. The summed E-state index contributed by atoms with van der Waals surface area (Å²) in [7, 11) is 0. The van der Waals surface area contributed by atoms with Crippen LogP contribution in [-0.4, -0.2) is 6.29 Å². The first-order chi connectivity index (χ1) is 7.74. The molecule has 1 atom stereocenters. The number of rotatable bonds is 6. The van der Waals surface area contributed by atoms with Gasteiger partial charge in [0.2, 0.25) is 6.29 Å². The van der Waals surface area contributed by atoms with Crippen molar-refractivity contribution in [2.24, 2.45) is 11.8 Å². The Hall–Kier alpha value is -1.37. The molecule has 1 nitrogen and oxygen atoms in total. The average Bonchev–Trinajstić information content (AvgIpc) is 2.30. The molecule has 1 aromatic rings. The number of aryl methyl sites for hydroxylation is 1. The van der Waals surface area contributed by atoms with Crippen LogP contribution in [0.1, 0.15) is 25.8 Å². The maximum absolute atomic E-state index is 10.6. The molecule has 1 unspecified atom stereocenters. The van der Waals surface area contributed by atoms with Crippen molar-refractivity contribution in [2.45, 2.75) is 26.7 Å². The molecule has 1 heteroatoms. The number of hydrogen-bond acceptors (Lipinski definition) is 1. The third kappa shape index (κ3) is 4.43. The van der Waals surface area contributed by atoms with Crippen molar-refractivity contribution in [3.63, 3.8) is 0 Å². The number of benzene rings is 1. The smallest absolute Gasteiger partial charge is 0.206 e. The van der Waals surface area contributed by atoms with Gasteiger partial charge >= 0.3 is 0 Å². The molecule has 0 spiro atoms. The molecule has 1 radical (unpaired) electrons. The van der Waals surface area contributed by atoms with E-state index in [9.17, 15) is 4.79 Å². The van der Waals surface area contributed by atoms with Crippen molar-refractivity contribution in [1.29, 1.82) is 0 Å². The van der Waals surface area contributed by atoms with Gasteiger partial charge in [-0.2, -0.15) is 0 Å². The van der Waals surface area contributed by atoms with E-state index in [1.165, 1.54) is 5.56 Å². The Morgan fingerprint density at radius 2 is 1.94 bits per heavy atom. The van der Waals surface area contributed by atoms with Crippen LogP contribution in [-0.2, 0) is 11.2 Å². The second-order valence-corrected chi connectivity index (χ2v) is 4.34. The van der Waals surface area contributed by atoms with Gasteiger partial charge in [-0.15, -0.1) is 0 Å². The van der Waals surface area contributed by atoms with Crippen LogP contribution >= 0.6 is 0 Å². The summed E-state index contributed by atoms with van der Waals surface area (Å²) >= 11 is 0. The van der Waals surface area contributed by atoms with Crippen LogP contribution in [0.3, 0.4) is 0 Å². The van der Waals surface area contributed by atoms with Gasteiger partial charge in [0.25, 0.3) is 0 Å². The number of carbonyl (C=O) groups excluding carboxylic acids is 1. The molecule has 0 aliphatic heterocycles. The molecule has 1 rings (SSSR count).